The number of phenolic OH excluding ortho intramolecular Hbond substituents is 2. The van der Waals surface area contributed by atoms with Crippen molar-refractivity contribution in [3.8, 4) is 34.3 Å². The van der Waals surface area contributed by atoms with Crippen molar-refractivity contribution in [1.29, 1.82) is 0 Å². The van der Waals surface area contributed by atoms with Gasteiger partial charge in [0.1, 0.15) is 52.6 Å². The summed E-state index contributed by atoms with van der Waals surface area (Å²) < 4.78 is 22.0. The van der Waals surface area contributed by atoms with Crippen LogP contribution in [0.5, 0.6) is 23.0 Å². The zero-order valence-corrected chi connectivity index (χ0v) is 17.3. The first kappa shape index (κ1) is 22.8. The van der Waals surface area contributed by atoms with E-state index in [2.05, 4.69) is 0 Å². The van der Waals surface area contributed by atoms with Crippen LogP contribution in [0.2, 0.25) is 0 Å². The van der Waals surface area contributed by atoms with Gasteiger partial charge in [0.2, 0.25) is 6.29 Å². The Labute approximate surface area is 186 Å². The van der Waals surface area contributed by atoms with E-state index in [-0.39, 0.29) is 34.0 Å². The molecular weight excluding hydrogens is 440 g/mol. The van der Waals surface area contributed by atoms with Crippen LogP contribution in [-0.4, -0.2) is 75.1 Å². The Bertz CT molecular complexity index is 1220. The average Bonchev–Trinajstić information content (AvgIpc) is 2.78. The molecule has 2 aromatic carbocycles. The van der Waals surface area contributed by atoms with E-state index in [1.165, 1.54) is 37.4 Å². The normalized spacial score (nSPS) is 25.2. The molecular formula is C22H22O11. The molecule has 0 aliphatic carbocycles. The van der Waals surface area contributed by atoms with Crippen LogP contribution >= 0.6 is 0 Å². The van der Waals surface area contributed by atoms with Gasteiger partial charge in [-0.05, 0) is 18.2 Å². The Morgan fingerprint density at radius 3 is 2.42 bits per heavy atom. The predicted octanol–water partition coefficient (Wildman–Crippen LogP) is 0.0585. The van der Waals surface area contributed by atoms with E-state index in [0.717, 1.165) is 6.07 Å². The average molecular weight is 462 g/mol. The van der Waals surface area contributed by atoms with Gasteiger partial charge in [-0.2, -0.15) is 0 Å². The molecule has 6 N–H and O–H groups in total. The van der Waals surface area contributed by atoms with E-state index in [0.29, 0.717) is 5.56 Å². The highest BCUT2D eigenvalue weighted by atomic mass is 16.7. The third-order valence-corrected chi connectivity index (χ3v) is 5.33. The molecule has 11 nitrogen and oxygen atoms in total. The lowest BCUT2D eigenvalue weighted by Crippen LogP contribution is -2.60. The molecule has 0 spiro atoms. The molecule has 5 atom stereocenters. The van der Waals surface area contributed by atoms with Crippen molar-refractivity contribution in [1.82, 2.24) is 0 Å². The molecule has 1 saturated heterocycles. The van der Waals surface area contributed by atoms with Crippen LogP contribution in [0.1, 0.15) is 0 Å². The third-order valence-electron chi connectivity index (χ3n) is 5.33. The molecule has 0 radical (unpaired) electrons. The molecule has 1 aromatic heterocycles. The van der Waals surface area contributed by atoms with Crippen LogP contribution in [0.4, 0.5) is 0 Å². The van der Waals surface area contributed by atoms with Gasteiger partial charge in [-0.25, -0.2) is 0 Å². The second-order valence-electron chi connectivity index (χ2n) is 7.49. The van der Waals surface area contributed by atoms with Gasteiger partial charge < -0.3 is 49.3 Å². The first-order valence-corrected chi connectivity index (χ1v) is 9.89. The summed E-state index contributed by atoms with van der Waals surface area (Å²) in [5.41, 5.74) is -0.144. The fraction of sp³-hybridized carbons (Fsp3) is 0.318. The van der Waals surface area contributed by atoms with Gasteiger partial charge in [0.15, 0.2) is 16.9 Å². The predicted molar refractivity (Wildman–Crippen MR) is 112 cm³/mol. The Balaban J connectivity index is 1.67. The first-order chi connectivity index (χ1) is 15.7. The van der Waals surface area contributed by atoms with Gasteiger partial charge >= 0.3 is 0 Å². The highest BCUT2D eigenvalue weighted by Crippen LogP contribution is 2.36. The first-order valence-electron chi connectivity index (χ1n) is 9.89. The summed E-state index contributed by atoms with van der Waals surface area (Å²) in [4.78, 5) is 12.5. The van der Waals surface area contributed by atoms with Crippen LogP contribution < -0.4 is 14.9 Å². The van der Waals surface area contributed by atoms with E-state index in [4.69, 9.17) is 18.6 Å². The van der Waals surface area contributed by atoms with Crippen molar-refractivity contribution >= 4 is 11.0 Å². The number of rotatable bonds is 5. The van der Waals surface area contributed by atoms with Gasteiger partial charge in [0, 0.05) is 23.8 Å². The number of ether oxygens (including phenoxy) is 3. The quantitative estimate of drug-likeness (QED) is 0.302. The Morgan fingerprint density at radius 2 is 1.73 bits per heavy atom. The number of methoxy groups -OCH3 is 1. The number of fused-ring (bicyclic) bond motifs is 1. The molecule has 2 heterocycles. The highest BCUT2D eigenvalue weighted by molar-refractivity contribution is 5.86. The molecule has 0 saturated carbocycles. The lowest BCUT2D eigenvalue weighted by atomic mass is 9.99. The SMILES string of the molecule is COc1cc(-c2cc(=O)c3c(O)cc(O)cc3o2)ccc1OC1O[C@H](CO)[C@@H](O)[C@H](O)[C@H]1O. The minimum absolute atomic E-state index is 0.0180. The molecule has 3 aromatic rings. The van der Waals surface area contributed by atoms with Crippen LogP contribution in [-0.2, 0) is 4.74 Å². The maximum atomic E-state index is 12.5. The van der Waals surface area contributed by atoms with Crippen molar-refractivity contribution in [3.63, 3.8) is 0 Å². The molecule has 0 bridgehead atoms. The van der Waals surface area contributed by atoms with E-state index in [1.54, 1.807) is 0 Å². The molecule has 33 heavy (non-hydrogen) atoms. The molecule has 1 aliphatic rings. The largest absolute Gasteiger partial charge is 0.508 e. The van der Waals surface area contributed by atoms with E-state index >= 15 is 0 Å². The van der Waals surface area contributed by atoms with Crippen molar-refractivity contribution in [2.24, 2.45) is 0 Å². The molecule has 0 amide bonds. The fourth-order valence-corrected chi connectivity index (χ4v) is 3.60. The zero-order valence-electron chi connectivity index (χ0n) is 17.3. The zero-order chi connectivity index (χ0) is 23.9. The smallest absolute Gasteiger partial charge is 0.229 e. The van der Waals surface area contributed by atoms with Crippen LogP contribution in [0.15, 0.2) is 45.6 Å². The number of benzene rings is 2. The van der Waals surface area contributed by atoms with Gasteiger partial charge in [-0.3, -0.25) is 4.79 Å². The van der Waals surface area contributed by atoms with Crippen molar-refractivity contribution in [2.75, 3.05) is 13.7 Å². The summed E-state index contributed by atoms with van der Waals surface area (Å²) in [6, 6.07) is 7.85. The van der Waals surface area contributed by atoms with Crippen LogP contribution in [0, 0.1) is 0 Å². The minimum Gasteiger partial charge on any atom is -0.508 e. The summed E-state index contributed by atoms with van der Waals surface area (Å²) in [5.74, 6) is -0.308. The molecule has 176 valence electrons. The van der Waals surface area contributed by atoms with E-state index in [9.17, 15) is 35.4 Å². The Kier molecular flexibility index (Phi) is 6.15. The number of hydrogen-bond donors (Lipinski definition) is 6. The number of phenols is 2. The van der Waals surface area contributed by atoms with Crippen molar-refractivity contribution < 1.29 is 49.3 Å². The topological polar surface area (TPSA) is 179 Å². The number of aromatic hydroxyl groups is 2. The monoisotopic (exact) mass is 462 g/mol. The second kappa shape index (κ2) is 8.89. The maximum absolute atomic E-state index is 12.5. The Morgan fingerprint density at radius 1 is 0.970 bits per heavy atom. The maximum Gasteiger partial charge on any atom is 0.229 e. The molecule has 1 fully saturated rings. The fourth-order valence-electron chi connectivity index (χ4n) is 3.60. The van der Waals surface area contributed by atoms with Crippen LogP contribution in [0.3, 0.4) is 0 Å². The summed E-state index contributed by atoms with van der Waals surface area (Å²) in [6.45, 7) is -0.604. The molecule has 11 heteroatoms. The van der Waals surface area contributed by atoms with Gasteiger partial charge in [0.25, 0.3) is 0 Å². The lowest BCUT2D eigenvalue weighted by molar-refractivity contribution is -0.277. The lowest BCUT2D eigenvalue weighted by Gasteiger charge is -2.39. The number of aliphatic hydroxyl groups excluding tert-OH is 4. The van der Waals surface area contributed by atoms with Gasteiger partial charge in [0.05, 0.1) is 13.7 Å². The third kappa shape index (κ3) is 4.19. The standard InChI is InChI=1S/C22H22O11/c1-30-15-4-9(14-7-12(26)18-11(25)5-10(24)6-16(18)31-14)2-3-13(15)32-22-21(29)20(28)19(27)17(8-23)33-22/h2-7,17,19-25,27-29H,8H2,1H3/t17-,19-,20+,21-,22?/m1/s1. The molecule has 4 rings (SSSR count). The summed E-state index contributed by atoms with van der Waals surface area (Å²) in [7, 11) is 1.35. The van der Waals surface area contributed by atoms with Gasteiger partial charge in [-0.15, -0.1) is 0 Å². The minimum atomic E-state index is -1.61. The van der Waals surface area contributed by atoms with Crippen molar-refractivity contribution in [3.05, 3.63) is 46.6 Å². The van der Waals surface area contributed by atoms with Gasteiger partial charge in [-0.1, -0.05) is 0 Å². The second-order valence-corrected chi connectivity index (χ2v) is 7.49. The number of aliphatic hydroxyl groups is 4. The number of hydrogen-bond acceptors (Lipinski definition) is 11. The molecule has 1 aliphatic heterocycles. The van der Waals surface area contributed by atoms with E-state index < -0.39 is 48.5 Å². The summed E-state index contributed by atoms with van der Waals surface area (Å²) >= 11 is 0. The van der Waals surface area contributed by atoms with E-state index in [1.807, 2.05) is 0 Å². The summed E-state index contributed by atoms with van der Waals surface area (Å²) in [6.07, 6.45) is -7.29. The Hall–Kier alpha value is -3.35. The van der Waals surface area contributed by atoms with Crippen molar-refractivity contribution in [2.45, 2.75) is 30.7 Å². The summed E-state index contributed by atoms with van der Waals surface area (Å²) in [5, 5.41) is 58.9. The highest BCUT2D eigenvalue weighted by Gasteiger charge is 2.45. The van der Waals surface area contributed by atoms with Crippen LogP contribution in [0.25, 0.3) is 22.3 Å². The molecule has 1 unspecified atom stereocenters.